The number of amides is 1. The molecule has 1 saturated heterocycles. The summed E-state index contributed by atoms with van der Waals surface area (Å²) in [5.41, 5.74) is 2.13. The molecule has 0 radical (unpaired) electrons. The fourth-order valence-electron chi connectivity index (χ4n) is 2.08. The van der Waals surface area contributed by atoms with Crippen LogP contribution < -0.4 is 4.90 Å². The Balaban J connectivity index is 2.15. The standard InChI is InChI=1S/C15H18N2O2/c1-15(2,3)11-4-6-12(7-5-11)17-10-13(8-9-16)19-14(17)18/h4-7,13H,8,10H2,1-3H3. The number of anilines is 1. The lowest BCUT2D eigenvalue weighted by molar-refractivity contribution is 0.143. The summed E-state index contributed by atoms with van der Waals surface area (Å²) in [6.45, 7) is 6.89. The average molecular weight is 258 g/mol. The molecule has 1 aromatic rings. The van der Waals surface area contributed by atoms with Gasteiger partial charge in [0.1, 0.15) is 6.10 Å². The Bertz CT molecular complexity index is 508. The molecule has 1 atom stereocenters. The van der Waals surface area contributed by atoms with Crippen LogP contribution in [-0.2, 0) is 10.2 Å². The second-order valence-corrected chi connectivity index (χ2v) is 5.78. The summed E-state index contributed by atoms with van der Waals surface area (Å²) < 4.78 is 5.13. The molecule has 19 heavy (non-hydrogen) atoms. The lowest BCUT2D eigenvalue weighted by Crippen LogP contribution is -2.24. The summed E-state index contributed by atoms with van der Waals surface area (Å²) in [7, 11) is 0. The molecule has 1 amide bonds. The molecular formula is C15H18N2O2. The third-order valence-corrected chi connectivity index (χ3v) is 3.24. The van der Waals surface area contributed by atoms with Gasteiger partial charge in [0.2, 0.25) is 0 Å². The number of nitrogens with zero attached hydrogens (tertiary/aromatic N) is 2. The predicted octanol–water partition coefficient (Wildman–Crippen LogP) is 3.22. The predicted molar refractivity (Wildman–Crippen MR) is 73.0 cm³/mol. The zero-order chi connectivity index (χ0) is 14.0. The van der Waals surface area contributed by atoms with Crippen molar-refractivity contribution in [2.24, 2.45) is 0 Å². The van der Waals surface area contributed by atoms with Crippen LogP contribution in [-0.4, -0.2) is 18.7 Å². The molecule has 0 N–H and O–H groups in total. The van der Waals surface area contributed by atoms with E-state index in [1.807, 2.05) is 30.3 Å². The van der Waals surface area contributed by atoms with Gasteiger partial charge in [-0.05, 0) is 23.1 Å². The van der Waals surface area contributed by atoms with E-state index in [0.29, 0.717) is 6.54 Å². The molecule has 0 saturated carbocycles. The van der Waals surface area contributed by atoms with Gasteiger partial charge in [-0.3, -0.25) is 4.90 Å². The molecule has 1 aliphatic rings. The Kier molecular flexibility index (Phi) is 3.48. The fraction of sp³-hybridized carbons (Fsp3) is 0.467. The summed E-state index contributed by atoms with van der Waals surface area (Å²) in [6.07, 6.45) is -0.453. The molecule has 1 aliphatic heterocycles. The van der Waals surface area contributed by atoms with Gasteiger partial charge in [0.25, 0.3) is 0 Å². The smallest absolute Gasteiger partial charge is 0.414 e. The molecular weight excluding hydrogens is 240 g/mol. The number of ether oxygens (including phenoxy) is 1. The summed E-state index contributed by atoms with van der Waals surface area (Å²) in [4.78, 5) is 13.3. The van der Waals surface area contributed by atoms with E-state index in [2.05, 4.69) is 20.8 Å². The number of benzene rings is 1. The van der Waals surface area contributed by atoms with E-state index in [4.69, 9.17) is 10.00 Å². The molecule has 100 valence electrons. The number of carbonyl (C=O) groups excluding carboxylic acids is 1. The Labute approximate surface area is 113 Å². The normalized spacial score (nSPS) is 19.2. The Morgan fingerprint density at radius 1 is 1.37 bits per heavy atom. The summed E-state index contributed by atoms with van der Waals surface area (Å²) >= 11 is 0. The van der Waals surface area contributed by atoms with E-state index in [-0.39, 0.29) is 24.0 Å². The molecule has 1 unspecified atom stereocenters. The van der Waals surface area contributed by atoms with Crippen LogP contribution in [0.1, 0.15) is 32.8 Å². The zero-order valence-corrected chi connectivity index (χ0v) is 11.5. The van der Waals surface area contributed by atoms with Crippen molar-refractivity contribution < 1.29 is 9.53 Å². The Hall–Kier alpha value is -2.02. The van der Waals surface area contributed by atoms with Crippen molar-refractivity contribution in [1.29, 1.82) is 5.26 Å². The van der Waals surface area contributed by atoms with Crippen molar-refractivity contribution in [3.8, 4) is 6.07 Å². The first kappa shape index (κ1) is 13.4. The van der Waals surface area contributed by atoms with E-state index in [1.54, 1.807) is 4.90 Å². The summed E-state index contributed by atoms with van der Waals surface area (Å²) in [6, 6.07) is 9.94. The first-order valence-corrected chi connectivity index (χ1v) is 6.37. The molecule has 1 fully saturated rings. The zero-order valence-electron chi connectivity index (χ0n) is 11.5. The van der Waals surface area contributed by atoms with Crippen LogP contribution in [0, 0.1) is 11.3 Å². The number of rotatable bonds is 2. The second-order valence-electron chi connectivity index (χ2n) is 5.78. The highest BCUT2D eigenvalue weighted by Crippen LogP contribution is 2.27. The molecule has 1 aromatic carbocycles. The van der Waals surface area contributed by atoms with Gasteiger partial charge >= 0.3 is 6.09 Å². The van der Waals surface area contributed by atoms with Crippen LogP contribution in [0.25, 0.3) is 0 Å². The minimum Gasteiger partial charge on any atom is -0.443 e. The maximum atomic E-state index is 11.7. The van der Waals surface area contributed by atoms with Crippen molar-refractivity contribution in [2.45, 2.75) is 38.7 Å². The third kappa shape index (κ3) is 2.87. The van der Waals surface area contributed by atoms with Crippen LogP contribution in [0.2, 0.25) is 0 Å². The Morgan fingerprint density at radius 2 is 2.00 bits per heavy atom. The lowest BCUT2D eigenvalue weighted by Gasteiger charge is -2.20. The van der Waals surface area contributed by atoms with E-state index in [1.165, 1.54) is 5.56 Å². The number of carbonyl (C=O) groups is 1. The molecule has 0 aliphatic carbocycles. The van der Waals surface area contributed by atoms with E-state index in [0.717, 1.165) is 5.69 Å². The van der Waals surface area contributed by atoms with Crippen LogP contribution in [0.15, 0.2) is 24.3 Å². The van der Waals surface area contributed by atoms with Crippen LogP contribution in [0.5, 0.6) is 0 Å². The van der Waals surface area contributed by atoms with Crippen molar-refractivity contribution in [2.75, 3.05) is 11.4 Å². The van der Waals surface area contributed by atoms with Gasteiger partial charge in [-0.2, -0.15) is 5.26 Å². The summed E-state index contributed by atoms with van der Waals surface area (Å²) in [5, 5.41) is 8.64. The monoisotopic (exact) mass is 258 g/mol. The average Bonchev–Trinajstić information content (AvgIpc) is 2.70. The molecule has 4 nitrogen and oxygen atoms in total. The topological polar surface area (TPSA) is 53.3 Å². The molecule has 4 heteroatoms. The number of cyclic esters (lactones) is 1. The van der Waals surface area contributed by atoms with Gasteiger partial charge in [-0.15, -0.1) is 0 Å². The van der Waals surface area contributed by atoms with Crippen LogP contribution in [0.3, 0.4) is 0 Å². The fourth-order valence-corrected chi connectivity index (χ4v) is 2.08. The van der Waals surface area contributed by atoms with Crippen molar-refractivity contribution in [3.63, 3.8) is 0 Å². The van der Waals surface area contributed by atoms with Crippen LogP contribution >= 0.6 is 0 Å². The molecule has 0 spiro atoms. The first-order valence-electron chi connectivity index (χ1n) is 6.37. The van der Waals surface area contributed by atoms with Crippen molar-refractivity contribution in [3.05, 3.63) is 29.8 Å². The second kappa shape index (κ2) is 4.93. The maximum absolute atomic E-state index is 11.7. The van der Waals surface area contributed by atoms with E-state index >= 15 is 0 Å². The van der Waals surface area contributed by atoms with Crippen molar-refractivity contribution in [1.82, 2.24) is 0 Å². The number of nitriles is 1. The minimum absolute atomic E-state index is 0.0907. The van der Waals surface area contributed by atoms with E-state index in [9.17, 15) is 4.79 Å². The Morgan fingerprint density at radius 3 is 2.53 bits per heavy atom. The van der Waals surface area contributed by atoms with Crippen molar-refractivity contribution >= 4 is 11.8 Å². The highest BCUT2D eigenvalue weighted by atomic mass is 16.6. The largest absolute Gasteiger partial charge is 0.443 e. The quantitative estimate of drug-likeness (QED) is 0.818. The maximum Gasteiger partial charge on any atom is 0.414 e. The number of hydrogen-bond donors (Lipinski definition) is 0. The van der Waals surface area contributed by atoms with Gasteiger partial charge in [0, 0.05) is 5.69 Å². The molecule has 1 heterocycles. The molecule has 2 rings (SSSR count). The highest BCUT2D eigenvalue weighted by Gasteiger charge is 2.32. The molecule has 0 aromatic heterocycles. The SMILES string of the molecule is CC(C)(C)c1ccc(N2CC(CC#N)OC2=O)cc1. The van der Waals surface area contributed by atoms with E-state index < -0.39 is 0 Å². The highest BCUT2D eigenvalue weighted by molar-refractivity contribution is 5.89. The van der Waals surface area contributed by atoms with Gasteiger partial charge in [0.05, 0.1) is 19.0 Å². The lowest BCUT2D eigenvalue weighted by atomic mass is 9.87. The number of hydrogen-bond acceptors (Lipinski definition) is 3. The molecule has 0 bridgehead atoms. The minimum atomic E-state index is -0.372. The van der Waals surface area contributed by atoms with Crippen LogP contribution in [0.4, 0.5) is 10.5 Å². The van der Waals surface area contributed by atoms with Gasteiger partial charge in [0.15, 0.2) is 0 Å². The summed E-state index contributed by atoms with van der Waals surface area (Å²) in [5.74, 6) is 0. The van der Waals surface area contributed by atoms with Gasteiger partial charge in [-0.25, -0.2) is 4.79 Å². The van der Waals surface area contributed by atoms with Gasteiger partial charge in [-0.1, -0.05) is 32.9 Å². The third-order valence-electron chi connectivity index (χ3n) is 3.24. The van der Waals surface area contributed by atoms with Gasteiger partial charge < -0.3 is 4.74 Å². The first-order chi connectivity index (χ1) is 8.91.